The predicted molar refractivity (Wildman–Crippen MR) is 59.0 cm³/mol. The first-order chi connectivity index (χ1) is 7.77. The van der Waals surface area contributed by atoms with E-state index in [1.807, 2.05) is 0 Å². The summed E-state index contributed by atoms with van der Waals surface area (Å²) < 4.78 is 5.32. The molecule has 1 fully saturated rings. The van der Waals surface area contributed by atoms with Gasteiger partial charge in [0.25, 0.3) is 5.91 Å². The van der Waals surface area contributed by atoms with E-state index >= 15 is 0 Å². The summed E-state index contributed by atoms with van der Waals surface area (Å²) in [5, 5.41) is 0. The van der Waals surface area contributed by atoms with Crippen LogP contribution in [0.4, 0.5) is 5.95 Å². The highest BCUT2D eigenvalue weighted by Crippen LogP contribution is 2.28. The van der Waals surface area contributed by atoms with E-state index in [1.165, 1.54) is 17.7 Å². The van der Waals surface area contributed by atoms with Crippen LogP contribution in [0.25, 0.3) is 0 Å². The van der Waals surface area contributed by atoms with Gasteiger partial charge in [-0.1, -0.05) is 0 Å². The molecule has 0 N–H and O–H groups in total. The second-order valence-corrected chi connectivity index (χ2v) is 3.96. The van der Waals surface area contributed by atoms with Gasteiger partial charge in [0.05, 0.1) is 6.61 Å². The molecule has 0 radical (unpaired) electrons. The molecule has 0 bridgehead atoms. The van der Waals surface area contributed by atoms with Crippen LogP contribution >= 0.6 is 0 Å². The van der Waals surface area contributed by atoms with E-state index in [1.54, 1.807) is 25.5 Å². The lowest BCUT2D eigenvalue weighted by Crippen LogP contribution is -2.31. The number of hydrogen-bond donors (Lipinski definition) is 0. The Balaban J connectivity index is 1.79. The smallest absolute Gasteiger partial charge is 0.255 e. The summed E-state index contributed by atoms with van der Waals surface area (Å²) in [6.45, 7) is 0.792. The van der Waals surface area contributed by atoms with E-state index in [0.29, 0.717) is 18.5 Å². The molecule has 0 saturated heterocycles. The second kappa shape index (κ2) is 5.03. The Morgan fingerprint density at radius 1 is 1.50 bits per heavy atom. The average Bonchev–Trinajstić information content (AvgIpc) is 3.13. The van der Waals surface area contributed by atoms with Gasteiger partial charge >= 0.3 is 0 Å². The molecule has 0 aliphatic heterocycles. The van der Waals surface area contributed by atoms with Gasteiger partial charge in [-0.15, -0.1) is 0 Å². The van der Waals surface area contributed by atoms with Crippen LogP contribution in [0.1, 0.15) is 12.8 Å². The number of carbonyl (C=O) groups is 1. The van der Waals surface area contributed by atoms with E-state index in [9.17, 15) is 4.79 Å². The van der Waals surface area contributed by atoms with Gasteiger partial charge in [0, 0.05) is 19.4 Å². The molecule has 2 rings (SSSR count). The molecule has 1 aromatic rings. The molecule has 0 aromatic carbocycles. The van der Waals surface area contributed by atoms with Crippen LogP contribution in [-0.4, -0.2) is 36.1 Å². The highest BCUT2D eigenvalue weighted by atomic mass is 16.5. The minimum absolute atomic E-state index is 0.102. The number of likely N-dealkylation sites (N-methyl/N-ethyl adjacent to an activating group) is 1. The lowest BCUT2D eigenvalue weighted by atomic mass is 10.5. The van der Waals surface area contributed by atoms with Crippen molar-refractivity contribution in [3.8, 4) is 0 Å². The van der Waals surface area contributed by atoms with Crippen molar-refractivity contribution in [2.75, 3.05) is 25.2 Å². The van der Waals surface area contributed by atoms with Crippen LogP contribution in [0.2, 0.25) is 0 Å². The first kappa shape index (κ1) is 11.0. The normalized spacial score (nSPS) is 14.8. The Morgan fingerprint density at radius 2 is 2.19 bits per heavy atom. The summed E-state index contributed by atoms with van der Waals surface area (Å²) in [5.41, 5.74) is 0. The Labute approximate surface area is 94.5 Å². The number of ether oxygens (including phenoxy) is 1. The standard InChI is InChI=1S/C11H15N3O2/c1-14(11-12-5-2-6-13-11)10(15)8-16-7-9-3-4-9/h2,5-6,9H,3-4,7-8H2,1H3. The fourth-order valence-corrected chi connectivity index (χ4v) is 1.27. The highest BCUT2D eigenvalue weighted by Gasteiger charge is 2.22. The summed E-state index contributed by atoms with van der Waals surface area (Å²) in [4.78, 5) is 21.1. The van der Waals surface area contributed by atoms with Crippen LogP contribution in [0.3, 0.4) is 0 Å². The summed E-state index contributed by atoms with van der Waals surface area (Å²) >= 11 is 0. The third kappa shape index (κ3) is 3.00. The largest absolute Gasteiger partial charge is 0.371 e. The molecular weight excluding hydrogens is 206 g/mol. The van der Waals surface area contributed by atoms with Gasteiger partial charge in [0.15, 0.2) is 0 Å². The molecule has 1 aliphatic carbocycles. The fraction of sp³-hybridized carbons (Fsp3) is 0.545. The van der Waals surface area contributed by atoms with E-state index < -0.39 is 0 Å². The lowest BCUT2D eigenvalue weighted by Gasteiger charge is -2.14. The summed E-state index contributed by atoms with van der Waals surface area (Å²) in [5.74, 6) is 0.959. The molecule has 1 saturated carbocycles. The second-order valence-electron chi connectivity index (χ2n) is 3.96. The number of aromatic nitrogens is 2. The summed E-state index contributed by atoms with van der Waals surface area (Å²) in [7, 11) is 1.65. The van der Waals surface area contributed by atoms with Gasteiger partial charge in [-0.05, 0) is 24.8 Å². The van der Waals surface area contributed by atoms with Gasteiger partial charge in [0.2, 0.25) is 5.95 Å². The third-order valence-electron chi connectivity index (χ3n) is 2.50. The Kier molecular flexibility index (Phi) is 3.46. The van der Waals surface area contributed by atoms with Crippen LogP contribution in [0.15, 0.2) is 18.5 Å². The van der Waals surface area contributed by atoms with Crippen molar-refractivity contribution in [2.24, 2.45) is 5.92 Å². The number of amides is 1. The topological polar surface area (TPSA) is 55.3 Å². The molecule has 5 nitrogen and oxygen atoms in total. The molecule has 1 aliphatic rings. The molecule has 1 aromatic heterocycles. The van der Waals surface area contributed by atoms with E-state index in [-0.39, 0.29) is 12.5 Å². The SMILES string of the molecule is CN(C(=O)COCC1CC1)c1ncccn1. The fourth-order valence-electron chi connectivity index (χ4n) is 1.27. The molecule has 86 valence electrons. The van der Waals surface area contributed by atoms with Crippen molar-refractivity contribution >= 4 is 11.9 Å². The maximum atomic E-state index is 11.7. The first-order valence-corrected chi connectivity index (χ1v) is 5.38. The van der Waals surface area contributed by atoms with Gasteiger partial charge in [-0.25, -0.2) is 9.97 Å². The van der Waals surface area contributed by atoms with Crippen LogP contribution < -0.4 is 4.90 Å². The monoisotopic (exact) mass is 221 g/mol. The van der Waals surface area contributed by atoms with Crippen molar-refractivity contribution in [2.45, 2.75) is 12.8 Å². The van der Waals surface area contributed by atoms with Crippen molar-refractivity contribution in [1.82, 2.24) is 9.97 Å². The number of carbonyl (C=O) groups excluding carboxylic acids is 1. The van der Waals surface area contributed by atoms with Crippen molar-refractivity contribution in [3.63, 3.8) is 0 Å². The summed E-state index contributed by atoms with van der Waals surface area (Å²) in [6.07, 6.45) is 5.67. The molecule has 0 unspecified atom stereocenters. The van der Waals surface area contributed by atoms with Gasteiger partial charge in [-0.3, -0.25) is 9.69 Å². The molecule has 1 heterocycles. The van der Waals surface area contributed by atoms with Crippen LogP contribution in [-0.2, 0) is 9.53 Å². The number of nitrogens with zero attached hydrogens (tertiary/aromatic N) is 3. The maximum Gasteiger partial charge on any atom is 0.255 e. The molecular formula is C11H15N3O2. The Morgan fingerprint density at radius 3 is 2.81 bits per heavy atom. The minimum Gasteiger partial charge on any atom is -0.371 e. The van der Waals surface area contributed by atoms with Crippen molar-refractivity contribution in [1.29, 1.82) is 0 Å². The predicted octanol–water partition coefficient (Wildman–Crippen LogP) is 0.866. The molecule has 5 heteroatoms. The van der Waals surface area contributed by atoms with Gasteiger partial charge < -0.3 is 4.74 Å². The summed E-state index contributed by atoms with van der Waals surface area (Å²) in [6, 6.07) is 1.71. The zero-order chi connectivity index (χ0) is 11.4. The molecule has 0 spiro atoms. The van der Waals surface area contributed by atoms with E-state index in [0.717, 1.165) is 0 Å². The quantitative estimate of drug-likeness (QED) is 0.740. The Hall–Kier alpha value is -1.49. The van der Waals surface area contributed by atoms with E-state index in [4.69, 9.17) is 4.74 Å². The van der Waals surface area contributed by atoms with E-state index in [2.05, 4.69) is 9.97 Å². The molecule has 16 heavy (non-hydrogen) atoms. The maximum absolute atomic E-state index is 11.7. The Bertz CT molecular complexity index is 352. The first-order valence-electron chi connectivity index (χ1n) is 5.38. The zero-order valence-electron chi connectivity index (χ0n) is 9.30. The minimum atomic E-state index is -0.119. The van der Waals surface area contributed by atoms with Crippen molar-refractivity contribution < 1.29 is 9.53 Å². The third-order valence-corrected chi connectivity index (χ3v) is 2.50. The average molecular weight is 221 g/mol. The molecule has 1 amide bonds. The van der Waals surface area contributed by atoms with Crippen LogP contribution in [0, 0.1) is 5.92 Å². The number of anilines is 1. The van der Waals surface area contributed by atoms with Gasteiger partial charge in [-0.2, -0.15) is 0 Å². The van der Waals surface area contributed by atoms with Crippen LogP contribution in [0.5, 0.6) is 0 Å². The molecule has 0 atom stereocenters. The van der Waals surface area contributed by atoms with Gasteiger partial charge in [0.1, 0.15) is 6.61 Å². The highest BCUT2D eigenvalue weighted by molar-refractivity contribution is 5.91. The van der Waals surface area contributed by atoms with Crippen molar-refractivity contribution in [3.05, 3.63) is 18.5 Å². The zero-order valence-corrected chi connectivity index (χ0v) is 9.30. The lowest BCUT2D eigenvalue weighted by molar-refractivity contribution is -0.123. The number of hydrogen-bond acceptors (Lipinski definition) is 4. The number of rotatable bonds is 5.